The maximum atomic E-state index is 10.3. The molecule has 1 rings (SSSR count). The number of ether oxygens (including phenoxy) is 1. The van der Waals surface area contributed by atoms with E-state index >= 15 is 0 Å². The smallest absolute Gasteiger partial charge is 0.313 e. The van der Waals surface area contributed by atoms with Crippen LogP contribution in [0.1, 0.15) is 6.42 Å². The molecule has 0 aromatic carbocycles. The summed E-state index contributed by atoms with van der Waals surface area (Å²) in [4.78, 5) is 20.5. The Balaban J connectivity index is 2.64. The van der Waals surface area contributed by atoms with Crippen molar-refractivity contribution in [3.63, 3.8) is 0 Å². The first-order valence-electron chi connectivity index (χ1n) is 2.16. The van der Waals surface area contributed by atoms with Crippen LogP contribution in [0.3, 0.4) is 0 Å². The van der Waals surface area contributed by atoms with Crippen molar-refractivity contribution in [2.24, 2.45) is 0 Å². The lowest BCUT2D eigenvalue weighted by Crippen LogP contribution is -2.00. The van der Waals surface area contributed by atoms with Gasteiger partial charge in [-0.05, 0) is 0 Å². The Morgan fingerprint density at radius 2 is 2.25 bits per heavy atom. The first-order chi connectivity index (χ1) is 3.70. The fourth-order valence-corrected chi connectivity index (χ4v) is 0.701. The molecule has 0 aliphatic carbocycles. The van der Waals surface area contributed by atoms with Gasteiger partial charge in [0.15, 0.2) is 0 Å². The number of carbonyl (C=O) groups is 2. The van der Waals surface area contributed by atoms with Crippen LogP contribution in [0, 0.1) is 0 Å². The van der Waals surface area contributed by atoms with Crippen molar-refractivity contribution in [3.05, 3.63) is 0 Å². The highest BCUT2D eigenvalue weighted by Gasteiger charge is 2.28. The molecule has 4 heteroatoms. The Hall–Kier alpha value is -0.643. The fraction of sp³-hybridized carbons (Fsp3) is 0.500. The number of hydrogen-bond donors (Lipinski definition) is 0. The lowest BCUT2D eigenvalue weighted by molar-refractivity contribution is -0.151. The van der Waals surface area contributed by atoms with Crippen molar-refractivity contribution in [1.29, 1.82) is 0 Å². The van der Waals surface area contributed by atoms with E-state index in [1.165, 1.54) is 0 Å². The minimum absolute atomic E-state index is 0.162. The van der Waals surface area contributed by atoms with Crippen LogP contribution in [0.5, 0.6) is 0 Å². The summed E-state index contributed by atoms with van der Waals surface area (Å²) in [6.45, 7) is 0. The largest absolute Gasteiger partial charge is 0.393 e. The van der Waals surface area contributed by atoms with Gasteiger partial charge in [0.05, 0.1) is 12.0 Å². The average Bonchev–Trinajstić information content (AvgIpc) is 1.85. The molecule has 0 spiro atoms. The molecule has 41 valence electrons. The van der Waals surface area contributed by atoms with Crippen molar-refractivity contribution in [3.8, 4) is 0 Å². The van der Waals surface area contributed by atoms with Crippen molar-refractivity contribution < 1.29 is 14.3 Å². The fourth-order valence-electron chi connectivity index (χ4n) is 0.475. The highest BCUT2D eigenvalue weighted by molar-refractivity contribution is 6.26. The maximum absolute atomic E-state index is 10.3. The first-order valence-corrected chi connectivity index (χ1v) is 2.73. The molecule has 3 radical (unpaired) electrons. The molecular formula is C4H3O3Si. The second-order valence-corrected chi connectivity index (χ2v) is 2.25. The predicted molar refractivity (Wildman–Crippen MR) is 25.2 cm³/mol. The molecule has 0 N–H and O–H groups in total. The summed E-state index contributed by atoms with van der Waals surface area (Å²) in [5.74, 6) is -0.929. The molecule has 8 heavy (non-hydrogen) atoms. The molecule has 0 aromatic rings. The van der Waals surface area contributed by atoms with Crippen molar-refractivity contribution in [2.75, 3.05) is 0 Å². The predicted octanol–water partition coefficient (Wildman–Crippen LogP) is -0.583. The number of esters is 2. The monoisotopic (exact) mass is 127 g/mol. The van der Waals surface area contributed by atoms with Gasteiger partial charge in [0.1, 0.15) is 0 Å². The number of rotatable bonds is 0. The van der Waals surface area contributed by atoms with E-state index < -0.39 is 17.5 Å². The second-order valence-electron chi connectivity index (χ2n) is 1.55. The van der Waals surface area contributed by atoms with E-state index in [1.54, 1.807) is 0 Å². The normalized spacial score (nSPS) is 28.4. The molecule has 3 nitrogen and oxygen atoms in total. The summed E-state index contributed by atoms with van der Waals surface area (Å²) in [6.07, 6.45) is 0.162. The first kappa shape index (κ1) is 5.49. The zero-order valence-electron chi connectivity index (χ0n) is 4.01. The Labute approximate surface area is 49.4 Å². The van der Waals surface area contributed by atoms with Crippen molar-refractivity contribution >= 4 is 22.2 Å². The minimum atomic E-state index is -0.480. The Morgan fingerprint density at radius 3 is 2.38 bits per heavy atom. The zero-order chi connectivity index (χ0) is 6.15. The zero-order valence-corrected chi connectivity index (χ0v) is 5.01. The molecule has 0 aromatic heterocycles. The van der Waals surface area contributed by atoms with Gasteiger partial charge in [-0.2, -0.15) is 0 Å². The lowest BCUT2D eigenvalue weighted by atomic mass is 10.3. The molecule has 1 unspecified atom stereocenters. The molecule has 1 fully saturated rings. The minimum Gasteiger partial charge on any atom is -0.393 e. The van der Waals surface area contributed by atoms with Crippen LogP contribution in [0.4, 0.5) is 0 Å². The third kappa shape index (κ3) is 0.788. The van der Waals surface area contributed by atoms with Crippen LogP contribution >= 0.6 is 0 Å². The number of carbonyl (C=O) groups excluding carboxylic acids is 2. The summed E-state index contributed by atoms with van der Waals surface area (Å²) in [6, 6.07) is 0. The van der Waals surface area contributed by atoms with Crippen LogP contribution in [0.25, 0.3) is 0 Å². The molecule has 0 amide bonds. The van der Waals surface area contributed by atoms with Gasteiger partial charge >= 0.3 is 11.9 Å². The standard InChI is InChI=1S/C4H3O3Si/c5-3-1-2(8)4(6)7-3/h2H,1H2. The van der Waals surface area contributed by atoms with E-state index in [0.29, 0.717) is 0 Å². The Bertz CT molecular complexity index is 142. The van der Waals surface area contributed by atoms with Gasteiger partial charge in [-0.1, -0.05) is 0 Å². The van der Waals surface area contributed by atoms with Crippen LogP contribution in [-0.2, 0) is 14.3 Å². The van der Waals surface area contributed by atoms with Crippen molar-refractivity contribution in [1.82, 2.24) is 0 Å². The highest BCUT2D eigenvalue weighted by Crippen LogP contribution is 2.16. The molecule has 0 bridgehead atoms. The van der Waals surface area contributed by atoms with Gasteiger partial charge in [-0.3, -0.25) is 9.59 Å². The SMILES string of the molecule is O=C1CC([Si])C(=O)O1. The molecule has 1 aliphatic rings. The van der Waals surface area contributed by atoms with Gasteiger partial charge < -0.3 is 4.74 Å². The molecule has 1 atom stereocenters. The summed E-state index contributed by atoms with van der Waals surface area (Å²) in [5, 5.41) is 0. The third-order valence-corrected chi connectivity index (χ3v) is 1.31. The van der Waals surface area contributed by atoms with Gasteiger partial charge in [0.25, 0.3) is 0 Å². The van der Waals surface area contributed by atoms with Gasteiger partial charge in [0, 0.05) is 10.2 Å². The van der Waals surface area contributed by atoms with Crippen LogP contribution in [0.15, 0.2) is 0 Å². The van der Waals surface area contributed by atoms with Crippen LogP contribution in [-0.4, -0.2) is 22.2 Å². The van der Waals surface area contributed by atoms with Crippen molar-refractivity contribution in [2.45, 2.75) is 12.0 Å². The van der Waals surface area contributed by atoms with Gasteiger partial charge in [0.2, 0.25) is 0 Å². The molecule has 1 aliphatic heterocycles. The van der Waals surface area contributed by atoms with E-state index in [9.17, 15) is 9.59 Å². The molecule has 1 heterocycles. The second kappa shape index (κ2) is 1.70. The molecular weight excluding hydrogens is 124 g/mol. The third-order valence-electron chi connectivity index (χ3n) is 0.870. The van der Waals surface area contributed by atoms with E-state index in [1.807, 2.05) is 0 Å². The van der Waals surface area contributed by atoms with E-state index in [4.69, 9.17) is 0 Å². The number of cyclic esters (lactones) is 2. The highest BCUT2D eigenvalue weighted by atomic mass is 28.1. The van der Waals surface area contributed by atoms with E-state index in [-0.39, 0.29) is 6.42 Å². The Morgan fingerprint density at radius 1 is 1.62 bits per heavy atom. The Kier molecular flexibility index (Phi) is 1.17. The quantitative estimate of drug-likeness (QED) is 0.248. The van der Waals surface area contributed by atoms with Crippen LogP contribution < -0.4 is 0 Å². The lowest BCUT2D eigenvalue weighted by Gasteiger charge is -1.86. The summed E-state index contributed by atoms with van der Waals surface area (Å²) >= 11 is 0. The molecule has 0 saturated carbocycles. The number of hydrogen-bond acceptors (Lipinski definition) is 3. The topological polar surface area (TPSA) is 43.4 Å². The maximum Gasteiger partial charge on any atom is 0.313 e. The molecule has 1 saturated heterocycles. The summed E-state index contributed by atoms with van der Waals surface area (Å²) in [7, 11) is 3.00. The van der Waals surface area contributed by atoms with Crippen LogP contribution in [0.2, 0.25) is 5.54 Å². The van der Waals surface area contributed by atoms with Gasteiger partial charge in [-0.25, -0.2) is 0 Å². The summed E-state index contributed by atoms with van der Waals surface area (Å²) < 4.78 is 4.15. The van der Waals surface area contributed by atoms with E-state index in [2.05, 4.69) is 15.0 Å². The van der Waals surface area contributed by atoms with Gasteiger partial charge in [-0.15, -0.1) is 0 Å². The van der Waals surface area contributed by atoms with E-state index in [0.717, 1.165) is 0 Å². The average molecular weight is 127 g/mol. The summed E-state index contributed by atoms with van der Waals surface area (Å²) in [5.41, 5.74) is -0.414.